The third-order valence-electron chi connectivity index (χ3n) is 4.70. The summed E-state index contributed by atoms with van der Waals surface area (Å²) in [4.78, 5) is 43.0. The topological polar surface area (TPSA) is 127 Å². The largest absolute Gasteiger partial charge is 0.459 e. The Balaban J connectivity index is 2.20. The number of unbranched alkanes of at least 4 members (excludes halogenated alkanes) is 1. The van der Waals surface area contributed by atoms with Crippen LogP contribution in [0.2, 0.25) is 0 Å². The van der Waals surface area contributed by atoms with Gasteiger partial charge in [-0.1, -0.05) is 60.7 Å². The number of ether oxygens (including phenoxy) is 3. The number of nitrogens with zero attached hydrogens (tertiary/aromatic N) is 2. The number of benzene rings is 2. The van der Waals surface area contributed by atoms with Gasteiger partial charge in [-0.3, -0.25) is 10.1 Å². The molecule has 0 spiro atoms. The van der Waals surface area contributed by atoms with E-state index < -0.39 is 23.8 Å². The van der Waals surface area contributed by atoms with Crippen LogP contribution in [0.15, 0.2) is 65.7 Å². The first-order valence-electron chi connectivity index (χ1n) is 12.0. The van der Waals surface area contributed by atoms with Crippen LogP contribution in [0.3, 0.4) is 0 Å². The molecule has 0 aromatic heterocycles. The van der Waals surface area contributed by atoms with Gasteiger partial charge >= 0.3 is 18.2 Å². The lowest BCUT2D eigenvalue weighted by molar-refractivity contribution is -0.155. The second-order valence-electron chi connectivity index (χ2n) is 9.10. The molecule has 37 heavy (non-hydrogen) atoms. The highest BCUT2D eigenvalue weighted by atomic mass is 16.6. The number of amides is 2. The van der Waals surface area contributed by atoms with E-state index in [1.165, 1.54) is 4.90 Å². The van der Waals surface area contributed by atoms with Crippen LogP contribution in [0.1, 0.15) is 44.7 Å². The lowest BCUT2D eigenvalue weighted by Gasteiger charge is -2.27. The van der Waals surface area contributed by atoms with Gasteiger partial charge in [-0.15, -0.1) is 4.99 Å². The number of esters is 1. The normalized spacial score (nSPS) is 11.4. The molecule has 0 saturated heterocycles. The van der Waals surface area contributed by atoms with Gasteiger partial charge in [-0.2, -0.15) is 0 Å². The Kier molecular flexibility index (Phi) is 12.1. The van der Waals surface area contributed by atoms with E-state index in [2.05, 4.69) is 10.3 Å². The maximum absolute atomic E-state index is 12.6. The number of rotatable bonds is 10. The van der Waals surface area contributed by atoms with Gasteiger partial charge in [0.2, 0.25) is 5.96 Å². The first kappa shape index (κ1) is 29.3. The first-order chi connectivity index (χ1) is 17.7. The van der Waals surface area contributed by atoms with Crippen LogP contribution in [-0.2, 0) is 32.2 Å². The summed E-state index contributed by atoms with van der Waals surface area (Å²) in [5, 5.41) is 11.7. The predicted octanol–water partition coefficient (Wildman–Crippen LogP) is 4.02. The SMILES string of the molecule is CC(C)(C)OC(=O)CN(CCCCO)/C(=N\C(=O)OCc1ccccc1)NC(=O)OCc1ccccc1. The van der Waals surface area contributed by atoms with Gasteiger partial charge in [0.15, 0.2) is 0 Å². The number of hydrogen-bond acceptors (Lipinski definition) is 7. The molecule has 10 heteroatoms. The first-order valence-corrected chi connectivity index (χ1v) is 12.0. The minimum absolute atomic E-state index is 0.00498. The summed E-state index contributed by atoms with van der Waals surface area (Å²) < 4.78 is 15.9. The lowest BCUT2D eigenvalue weighted by atomic mass is 10.2. The highest BCUT2D eigenvalue weighted by Gasteiger charge is 2.24. The van der Waals surface area contributed by atoms with Crippen LogP contribution >= 0.6 is 0 Å². The number of hydrogen-bond donors (Lipinski definition) is 2. The zero-order valence-electron chi connectivity index (χ0n) is 21.5. The summed E-state index contributed by atoms with van der Waals surface area (Å²) in [6.45, 7) is 5.01. The van der Waals surface area contributed by atoms with E-state index in [0.29, 0.717) is 12.8 Å². The molecule has 0 fully saturated rings. The van der Waals surface area contributed by atoms with Crippen LogP contribution in [-0.4, -0.2) is 59.4 Å². The van der Waals surface area contributed by atoms with Gasteiger partial charge in [0, 0.05) is 13.2 Å². The smallest absolute Gasteiger partial charge is 0.437 e. The molecule has 2 rings (SSSR count). The Morgan fingerprint density at radius 3 is 2.00 bits per heavy atom. The number of aliphatic imine (C=N–C) groups is 1. The van der Waals surface area contributed by atoms with Crippen LogP contribution in [0.25, 0.3) is 0 Å². The molecule has 0 aliphatic rings. The van der Waals surface area contributed by atoms with Crippen molar-refractivity contribution in [3.8, 4) is 0 Å². The van der Waals surface area contributed by atoms with E-state index in [1.807, 2.05) is 36.4 Å². The quantitative estimate of drug-likeness (QED) is 0.160. The highest BCUT2D eigenvalue weighted by Crippen LogP contribution is 2.09. The molecular weight excluding hydrogens is 478 g/mol. The minimum atomic E-state index is -0.960. The molecule has 0 bridgehead atoms. The molecule has 0 aliphatic heterocycles. The van der Waals surface area contributed by atoms with E-state index >= 15 is 0 Å². The number of aliphatic hydroxyl groups is 1. The molecule has 200 valence electrons. The number of alkyl carbamates (subject to hydrolysis) is 1. The zero-order chi connectivity index (χ0) is 27.1. The molecule has 2 amide bonds. The number of carbonyl (C=O) groups excluding carboxylic acids is 3. The van der Waals surface area contributed by atoms with Crippen molar-refractivity contribution in [2.75, 3.05) is 19.7 Å². The summed E-state index contributed by atoms with van der Waals surface area (Å²) in [7, 11) is 0. The van der Waals surface area contributed by atoms with Crippen molar-refractivity contribution in [2.45, 2.75) is 52.4 Å². The average Bonchev–Trinajstić information content (AvgIpc) is 2.85. The van der Waals surface area contributed by atoms with Crippen molar-refractivity contribution in [1.82, 2.24) is 10.2 Å². The lowest BCUT2D eigenvalue weighted by Crippen LogP contribution is -2.48. The Labute approximate surface area is 217 Å². The highest BCUT2D eigenvalue weighted by molar-refractivity contribution is 5.99. The fourth-order valence-electron chi connectivity index (χ4n) is 3.07. The fraction of sp³-hybridized carbons (Fsp3) is 0.407. The van der Waals surface area contributed by atoms with Gasteiger partial charge in [-0.25, -0.2) is 9.59 Å². The molecule has 10 nitrogen and oxygen atoms in total. The summed E-state index contributed by atoms with van der Waals surface area (Å²) in [5.41, 5.74) is 0.797. The Hall–Kier alpha value is -3.92. The van der Waals surface area contributed by atoms with Crippen LogP contribution < -0.4 is 5.32 Å². The van der Waals surface area contributed by atoms with Crippen molar-refractivity contribution < 1.29 is 33.7 Å². The van der Waals surface area contributed by atoms with Gasteiger partial charge in [0.05, 0.1) is 0 Å². The molecule has 2 aromatic carbocycles. The van der Waals surface area contributed by atoms with Crippen molar-refractivity contribution in [1.29, 1.82) is 0 Å². The van der Waals surface area contributed by atoms with E-state index in [9.17, 15) is 19.5 Å². The monoisotopic (exact) mass is 513 g/mol. The zero-order valence-corrected chi connectivity index (χ0v) is 21.5. The van der Waals surface area contributed by atoms with Gasteiger partial charge in [0.25, 0.3) is 0 Å². The van der Waals surface area contributed by atoms with Crippen molar-refractivity contribution in [3.05, 3.63) is 71.8 Å². The number of guanidine groups is 1. The van der Waals surface area contributed by atoms with Crippen LogP contribution in [0.4, 0.5) is 9.59 Å². The van der Waals surface area contributed by atoms with E-state index in [0.717, 1.165) is 11.1 Å². The molecule has 2 aromatic rings. The molecule has 0 aliphatic carbocycles. The van der Waals surface area contributed by atoms with Crippen LogP contribution in [0.5, 0.6) is 0 Å². The third kappa shape index (κ3) is 12.6. The molecule has 0 heterocycles. The Bertz CT molecular complexity index is 1020. The summed E-state index contributed by atoms with van der Waals surface area (Å²) in [5.74, 6) is -0.804. The van der Waals surface area contributed by atoms with E-state index in [1.54, 1.807) is 45.0 Å². The van der Waals surface area contributed by atoms with Crippen LogP contribution in [0, 0.1) is 0 Å². The van der Waals surface area contributed by atoms with E-state index in [4.69, 9.17) is 14.2 Å². The Morgan fingerprint density at radius 1 is 0.892 bits per heavy atom. The van der Waals surface area contributed by atoms with Crippen molar-refractivity contribution in [2.24, 2.45) is 4.99 Å². The van der Waals surface area contributed by atoms with E-state index in [-0.39, 0.29) is 38.9 Å². The van der Waals surface area contributed by atoms with Gasteiger partial charge in [0.1, 0.15) is 25.4 Å². The molecule has 2 N–H and O–H groups in total. The summed E-state index contributed by atoms with van der Waals surface area (Å²) in [6.07, 6.45) is -0.930. The standard InChI is InChI=1S/C27H35N3O7/c1-27(2,3)37-23(32)18-30(16-10-11-17-31)24(28-25(33)35-19-21-12-6-4-7-13-21)29-26(34)36-20-22-14-8-5-9-15-22/h4-9,12-15,31H,10-11,16-20H2,1-3H3,(H,28,29,33,34). The number of aliphatic hydroxyl groups excluding tert-OH is 1. The second kappa shape index (κ2) is 15.2. The second-order valence-corrected chi connectivity index (χ2v) is 9.10. The molecule has 0 saturated carbocycles. The third-order valence-corrected chi connectivity index (χ3v) is 4.70. The van der Waals surface area contributed by atoms with Gasteiger partial charge in [-0.05, 0) is 44.7 Å². The fourth-order valence-corrected chi connectivity index (χ4v) is 3.07. The number of carbonyl (C=O) groups is 3. The van der Waals surface area contributed by atoms with Crippen molar-refractivity contribution >= 4 is 24.1 Å². The molecule has 0 atom stereocenters. The summed E-state index contributed by atoms with van der Waals surface area (Å²) in [6, 6.07) is 18.1. The minimum Gasteiger partial charge on any atom is -0.459 e. The predicted molar refractivity (Wildman–Crippen MR) is 138 cm³/mol. The van der Waals surface area contributed by atoms with Gasteiger partial charge < -0.3 is 24.2 Å². The summed E-state index contributed by atoms with van der Waals surface area (Å²) >= 11 is 0. The maximum atomic E-state index is 12.6. The molecule has 0 unspecified atom stereocenters. The Morgan fingerprint density at radius 2 is 1.46 bits per heavy atom. The molecular formula is C27H35N3O7. The number of nitrogens with one attached hydrogen (secondary N) is 1. The van der Waals surface area contributed by atoms with Crippen molar-refractivity contribution in [3.63, 3.8) is 0 Å². The maximum Gasteiger partial charge on any atom is 0.437 e. The average molecular weight is 514 g/mol. The molecule has 0 radical (unpaired) electrons.